The van der Waals surface area contributed by atoms with Gasteiger partial charge in [-0.25, -0.2) is 0 Å². The molecule has 1 heterocycles. The van der Waals surface area contributed by atoms with Gasteiger partial charge < -0.3 is 4.98 Å². The van der Waals surface area contributed by atoms with Crippen molar-refractivity contribution in [2.75, 3.05) is 5.33 Å². The Morgan fingerprint density at radius 2 is 2.20 bits per heavy atom. The van der Waals surface area contributed by atoms with E-state index in [1.165, 1.54) is 0 Å². The first-order valence-electron chi connectivity index (χ1n) is 4.90. The van der Waals surface area contributed by atoms with Crippen LogP contribution in [0, 0.1) is 5.92 Å². The highest BCUT2D eigenvalue weighted by Gasteiger charge is 2.17. The van der Waals surface area contributed by atoms with Gasteiger partial charge in [-0.1, -0.05) is 41.1 Å². The summed E-state index contributed by atoms with van der Waals surface area (Å²) in [5.41, 5.74) is 1.81. The number of alkyl halides is 1. The average molecular weight is 266 g/mol. The fraction of sp³-hybridized carbons (Fsp3) is 0.250. The number of fused-ring (bicyclic) bond motifs is 1. The zero-order valence-electron chi connectivity index (χ0n) is 8.46. The van der Waals surface area contributed by atoms with Gasteiger partial charge in [0.1, 0.15) is 0 Å². The van der Waals surface area contributed by atoms with Crippen molar-refractivity contribution in [3.05, 3.63) is 36.0 Å². The fourth-order valence-electron chi connectivity index (χ4n) is 1.61. The number of hydrogen-bond acceptors (Lipinski definition) is 1. The molecule has 0 saturated heterocycles. The molecule has 1 N–H and O–H groups in total. The maximum absolute atomic E-state index is 12.0. The zero-order valence-corrected chi connectivity index (χ0v) is 10.0. The van der Waals surface area contributed by atoms with Crippen molar-refractivity contribution in [3.63, 3.8) is 0 Å². The molecule has 1 aromatic heterocycles. The quantitative estimate of drug-likeness (QED) is 0.670. The van der Waals surface area contributed by atoms with Crippen molar-refractivity contribution in [1.82, 2.24) is 4.98 Å². The van der Waals surface area contributed by atoms with Gasteiger partial charge in [0.05, 0.1) is 0 Å². The number of aromatic nitrogens is 1. The summed E-state index contributed by atoms with van der Waals surface area (Å²) >= 11 is 3.33. The van der Waals surface area contributed by atoms with Crippen LogP contribution in [0.25, 0.3) is 10.9 Å². The Labute approximate surface area is 96.8 Å². The van der Waals surface area contributed by atoms with Crippen LogP contribution in [0.5, 0.6) is 0 Å². The van der Waals surface area contributed by atoms with Gasteiger partial charge in [0.2, 0.25) is 0 Å². The highest BCUT2D eigenvalue weighted by molar-refractivity contribution is 9.09. The van der Waals surface area contributed by atoms with Crippen molar-refractivity contribution in [2.24, 2.45) is 5.92 Å². The standard InChI is InChI=1S/C12H12BrNO/c1-8(6-13)12(15)10-7-14-11-5-3-2-4-9(10)11/h2-5,7-8,14H,6H2,1H3. The number of H-pyrrole nitrogens is 1. The molecule has 0 bridgehead atoms. The highest BCUT2D eigenvalue weighted by Crippen LogP contribution is 2.21. The highest BCUT2D eigenvalue weighted by atomic mass is 79.9. The van der Waals surface area contributed by atoms with Gasteiger partial charge in [0.25, 0.3) is 0 Å². The van der Waals surface area contributed by atoms with Crippen LogP contribution in [0.4, 0.5) is 0 Å². The Bertz CT molecular complexity index is 489. The predicted molar refractivity (Wildman–Crippen MR) is 65.6 cm³/mol. The van der Waals surface area contributed by atoms with Crippen molar-refractivity contribution >= 4 is 32.6 Å². The lowest BCUT2D eigenvalue weighted by Crippen LogP contribution is -2.11. The third-order valence-electron chi connectivity index (χ3n) is 2.53. The third-order valence-corrected chi connectivity index (χ3v) is 3.50. The molecule has 1 aromatic carbocycles. The maximum atomic E-state index is 12.0. The number of rotatable bonds is 3. The normalized spacial score (nSPS) is 12.9. The molecule has 0 saturated carbocycles. The first-order valence-corrected chi connectivity index (χ1v) is 6.02. The minimum atomic E-state index is 0.0178. The number of Topliss-reactive ketones (excluding diaryl/α,β-unsaturated/α-hetero) is 1. The van der Waals surface area contributed by atoms with Crippen molar-refractivity contribution in [2.45, 2.75) is 6.92 Å². The minimum Gasteiger partial charge on any atom is -0.360 e. The molecule has 0 aliphatic carbocycles. The molecule has 1 unspecified atom stereocenters. The number of hydrogen-bond donors (Lipinski definition) is 1. The summed E-state index contributed by atoms with van der Waals surface area (Å²) in [6.07, 6.45) is 1.80. The summed E-state index contributed by atoms with van der Waals surface area (Å²) in [5, 5.41) is 1.71. The van der Waals surface area contributed by atoms with Crippen LogP contribution in [0.15, 0.2) is 30.5 Å². The maximum Gasteiger partial charge on any atom is 0.168 e. The van der Waals surface area contributed by atoms with Crippen molar-refractivity contribution < 1.29 is 4.79 Å². The van der Waals surface area contributed by atoms with Crippen LogP contribution in [-0.4, -0.2) is 16.1 Å². The number of carbonyl (C=O) groups excluding carboxylic acids is 1. The summed E-state index contributed by atoms with van der Waals surface area (Å²) < 4.78 is 0. The summed E-state index contributed by atoms with van der Waals surface area (Å²) in [4.78, 5) is 15.1. The van der Waals surface area contributed by atoms with Gasteiger partial charge in [-0.2, -0.15) is 0 Å². The third kappa shape index (κ3) is 1.84. The van der Waals surface area contributed by atoms with Gasteiger partial charge in [0, 0.05) is 33.9 Å². The number of para-hydroxylation sites is 1. The molecule has 2 nitrogen and oxygen atoms in total. The Balaban J connectivity index is 2.48. The summed E-state index contributed by atoms with van der Waals surface area (Å²) in [6.45, 7) is 1.93. The molecule has 0 fully saturated rings. The van der Waals surface area contributed by atoms with Gasteiger partial charge in [-0.05, 0) is 6.07 Å². The second kappa shape index (κ2) is 4.19. The summed E-state index contributed by atoms with van der Waals surface area (Å²) in [5.74, 6) is 0.202. The molecular weight excluding hydrogens is 254 g/mol. The van der Waals surface area contributed by atoms with Crippen LogP contribution < -0.4 is 0 Å². The van der Waals surface area contributed by atoms with E-state index < -0.39 is 0 Å². The largest absolute Gasteiger partial charge is 0.360 e. The SMILES string of the molecule is CC(CBr)C(=O)c1c[nH]c2ccccc12. The van der Waals surface area contributed by atoms with Gasteiger partial charge in [-0.15, -0.1) is 0 Å². The number of ketones is 1. The zero-order chi connectivity index (χ0) is 10.8. The molecule has 0 aliphatic heterocycles. The molecule has 78 valence electrons. The second-order valence-corrected chi connectivity index (χ2v) is 4.32. The summed E-state index contributed by atoms with van der Waals surface area (Å²) in [6, 6.07) is 7.86. The van der Waals surface area contributed by atoms with E-state index in [0.29, 0.717) is 5.33 Å². The first-order chi connectivity index (χ1) is 7.24. The Morgan fingerprint density at radius 1 is 1.47 bits per heavy atom. The van der Waals surface area contributed by atoms with E-state index in [-0.39, 0.29) is 11.7 Å². The van der Waals surface area contributed by atoms with Crippen LogP contribution >= 0.6 is 15.9 Å². The van der Waals surface area contributed by atoms with E-state index in [2.05, 4.69) is 20.9 Å². The molecule has 0 aliphatic rings. The number of carbonyl (C=O) groups is 1. The Morgan fingerprint density at radius 3 is 2.93 bits per heavy atom. The van der Waals surface area contributed by atoms with Crippen LogP contribution in [0.1, 0.15) is 17.3 Å². The monoisotopic (exact) mass is 265 g/mol. The first kappa shape index (κ1) is 10.4. The smallest absolute Gasteiger partial charge is 0.168 e. The second-order valence-electron chi connectivity index (χ2n) is 3.67. The van der Waals surface area contributed by atoms with Gasteiger partial charge in [0.15, 0.2) is 5.78 Å². The number of benzene rings is 1. The molecular formula is C12H12BrNO. The molecule has 0 spiro atoms. The van der Waals surface area contributed by atoms with E-state index in [0.717, 1.165) is 16.5 Å². The van der Waals surface area contributed by atoms with Crippen LogP contribution in [0.2, 0.25) is 0 Å². The number of nitrogens with one attached hydrogen (secondary N) is 1. The predicted octanol–water partition coefficient (Wildman–Crippen LogP) is 3.38. The lowest BCUT2D eigenvalue weighted by molar-refractivity contribution is 0.0944. The molecule has 15 heavy (non-hydrogen) atoms. The van der Waals surface area contributed by atoms with E-state index in [4.69, 9.17) is 0 Å². The molecule has 1 atom stereocenters. The molecule has 2 aromatic rings. The molecule has 0 radical (unpaired) electrons. The topological polar surface area (TPSA) is 32.9 Å². The lowest BCUT2D eigenvalue weighted by Gasteiger charge is -2.04. The summed E-state index contributed by atoms with van der Waals surface area (Å²) in [7, 11) is 0. The van der Waals surface area contributed by atoms with Crippen molar-refractivity contribution in [1.29, 1.82) is 0 Å². The Kier molecular flexibility index (Phi) is 2.91. The molecule has 0 amide bonds. The lowest BCUT2D eigenvalue weighted by atomic mass is 10.0. The van der Waals surface area contributed by atoms with Gasteiger partial charge >= 0.3 is 0 Å². The molecule has 2 rings (SSSR count). The Hall–Kier alpha value is -1.09. The van der Waals surface area contributed by atoms with Gasteiger partial charge in [-0.3, -0.25) is 4.79 Å². The van der Waals surface area contributed by atoms with E-state index in [9.17, 15) is 4.79 Å². The fourth-order valence-corrected chi connectivity index (χ4v) is 1.90. The average Bonchev–Trinajstić information content (AvgIpc) is 2.70. The van der Waals surface area contributed by atoms with Crippen LogP contribution in [-0.2, 0) is 0 Å². The number of halogens is 1. The van der Waals surface area contributed by atoms with Crippen LogP contribution in [0.3, 0.4) is 0 Å². The molecule has 3 heteroatoms. The minimum absolute atomic E-state index is 0.0178. The number of aromatic amines is 1. The van der Waals surface area contributed by atoms with E-state index in [1.807, 2.05) is 31.2 Å². The van der Waals surface area contributed by atoms with E-state index >= 15 is 0 Å². The van der Waals surface area contributed by atoms with E-state index in [1.54, 1.807) is 6.20 Å². The van der Waals surface area contributed by atoms with Crippen molar-refractivity contribution in [3.8, 4) is 0 Å².